The van der Waals surface area contributed by atoms with Gasteiger partial charge in [0.2, 0.25) is 0 Å². The first-order valence-corrected chi connectivity index (χ1v) is 8.46. The topological polar surface area (TPSA) is 71.9 Å². The van der Waals surface area contributed by atoms with E-state index in [0.717, 1.165) is 17.8 Å². The molecule has 3 aliphatic rings. The van der Waals surface area contributed by atoms with E-state index in [0.29, 0.717) is 17.2 Å². The molecule has 0 radical (unpaired) electrons. The van der Waals surface area contributed by atoms with E-state index < -0.39 is 0 Å². The van der Waals surface area contributed by atoms with Crippen molar-refractivity contribution in [2.45, 2.75) is 18.9 Å². The summed E-state index contributed by atoms with van der Waals surface area (Å²) in [5.41, 5.74) is 3.07. The summed E-state index contributed by atoms with van der Waals surface area (Å²) in [5.74, 6) is 0.584. The molecule has 0 unspecified atom stereocenters. The third kappa shape index (κ3) is 2.81. The maximum Gasteiger partial charge on any atom is 0.267 e. The number of hydrogen-bond donors (Lipinski definition) is 2. The van der Waals surface area contributed by atoms with Crippen LogP contribution in [0.2, 0.25) is 0 Å². The van der Waals surface area contributed by atoms with Gasteiger partial charge in [-0.15, -0.1) is 0 Å². The SMILES string of the molecule is N#Cc1ccc(-c2ccc(C(=O)N[C@H]3CN4CCC3CC4)[nH]2)cc1. The summed E-state index contributed by atoms with van der Waals surface area (Å²) >= 11 is 0. The van der Waals surface area contributed by atoms with E-state index in [4.69, 9.17) is 5.26 Å². The molecule has 24 heavy (non-hydrogen) atoms. The zero-order valence-electron chi connectivity index (χ0n) is 13.5. The summed E-state index contributed by atoms with van der Waals surface area (Å²) in [4.78, 5) is 18.2. The summed E-state index contributed by atoms with van der Waals surface area (Å²) in [6, 6.07) is 13.4. The smallest absolute Gasteiger partial charge is 0.267 e. The Labute approximate surface area is 141 Å². The fraction of sp³-hybridized carbons (Fsp3) is 0.368. The molecule has 2 aromatic rings. The first-order chi connectivity index (χ1) is 11.7. The number of carbonyl (C=O) groups is 1. The number of piperidine rings is 3. The van der Waals surface area contributed by atoms with Crippen LogP contribution in [-0.4, -0.2) is 41.5 Å². The number of H-pyrrole nitrogens is 1. The van der Waals surface area contributed by atoms with E-state index in [1.54, 1.807) is 12.1 Å². The van der Waals surface area contributed by atoms with Crippen molar-refractivity contribution in [1.29, 1.82) is 5.26 Å². The molecule has 3 saturated heterocycles. The Hall–Kier alpha value is -2.58. The first-order valence-electron chi connectivity index (χ1n) is 8.46. The van der Waals surface area contributed by atoms with Crippen LogP contribution in [0.25, 0.3) is 11.3 Å². The van der Waals surface area contributed by atoms with Gasteiger partial charge in [0.1, 0.15) is 5.69 Å². The molecule has 1 amide bonds. The van der Waals surface area contributed by atoms with Gasteiger partial charge in [-0.05, 0) is 61.7 Å². The number of fused-ring (bicyclic) bond motifs is 3. The molecule has 1 atom stereocenters. The lowest BCUT2D eigenvalue weighted by Crippen LogP contribution is -2.57. The van der Waals surface area contributed by atoms with Gasteiger partial charge in [0.25, 0.3) is 5.91 Å². The molecular formula is C19H20N4O. The predicted octanol–water partition coefficient (Wildman–Crippen LogP) is 2.38. The number of nitrogens with one attached hydrogen (secondary N) is 2. The highest BCUT2D eigenvalue weighted by atomic mass is 16.2. The summed E-state index contributed by atoms with van der Waals surface area (Å²) in [6.07, 6.45) is 2.37. The van der Waals surface area contributed by atoms with Gasteiger partial charge in [0.15, 0.2) is 0 Å². The number of aromatic amines is 1. The molecule has 4 heterocycles. The summed E-state index contributed by atoms with van der Waals surface area (Å²) < 4.78 is 0. The molecule has 0 saturated carbocycles. The van der Waals surface area contributed by atoms with Crippen molar-refractivity contribution < 1.29 is 4.79 Å². The predicted molar refractivity (Wildman–Crippen MR) is 91.4 cm³/mol. The van der Waals surface area contributed by atoms with Crippen molar-refractivity contribution in [1.82, 2.24) is 15.2 Å². The Bertz CT molecular complexity index is 778. The Balaban J connectivity index is 1.46. The average molecular weight is 320 g/mol. The van der Waals surface area contributed by atoms with Gasteiger partial charge in [-0.3, -0.25) is 4.79 Å². The van der Waals surface area contributed by atoms with Crippen molar-refractivity contribution in [3.05, 3.63) is 47.7 Å². The molecule has 1 aromatic heterocycles. The highest BCUT2D eigenvalue weighted by Gasteiger charge is 2.35. The fourth-order valence-electron chi connectivity index (χ4n) is 3.80. The van der Waals surface area contributed by atoms with Gasteiger partial charge in [-0.2, -0.15) is 5.26 Å². The number of aromatic nitrogens is 1. The number of nitriles is 1. The van der Waals surface area contributed by atoms with Crippen LogP contribution in [0, 0.1) is 17.2 Å². The molecule has 5 rings (SSSR count). The lowest BCUT2D eigenvalue weighted by Gasteiger charge is -2.44. The van der Waals surface area contributed by atoms with Gasteiger partial charge >= 0.3 is 0 Å². The maximum atomic E-state index is 12.5. The second-order valence-electron chi connectivity index (χ2n) is 6.69. The number of amides is 1. The first kappa shape index (κ1) is 15.0. The Morgan fingerprint density at radius 3 is 2.54 bits per heavy atom. The summed E-state index contributed by atoms with van der Waals surface area (Å²) in [6.45, 7) is 3.31. The van der Waals surface area contributed by atoms with Crippen LogP contribution < -0.4 is 5.32 Å². The highest BCUT2D eigenvalue weighted by Crippen LogP contribution is 2.27. The van der Waals surface area contributed by atoms with E-state index in [-0.39, 0.29) is 11.9 Å². The zero-order valence-corrected chi connectivity index (χ0v) is 13.5. The number of hydrogen-bond acceptors (Lipinski definition) is 3. The van der Waals surface area contributed by atoms with E-state index in [1.807, 2.05) is 24.3 Å². The maximum absolute atomic E-state index is 12.5. The highest BCUT2D eigenvalue weighted by molar-refractivity contribution is 5.93. The molecule has 2 N–H and O–H groups in total. The normalized spacial score (nSPS) is 25.2. The monoisotopic (exact) mass is 320 g/mol. The fourth-order valence-corrected chi connectivity index (χ4v) is 3.80. The second kappa shape index (κ2) is 6.14. The Morgan fingerprint density at radius 2 is 1.92 bits per heavy atom. The minimum atomic E-state index is -0.0337. The van der Waals surface area contributed by atoms with Gasteiger partial charge < -0.3 is 15.2 Å². The third-order valence-electron chi connectivity index (χ3n) is 5.23. The molecule has 1 aromatic carbocycles. The van der Waals surface area contributed by atoms with Crippen molar-refractivity contribution in [3.63, 3.8) is 0 Å². The lowest BCUT2D eigenvalue weighted by atomic mass is 9.84. The summed E-state index contributed by atoms with van der Waals surface area (Å²) in [5, 5.41) is 12.1. The minimum absolute atomic E-state index is 0.0337. The molecule has 3 fully saturated rings. The molecule has 5 nitrogen and oxygen atoms in total. The molecule has 122 valence electrons. The van der Waals surface area contributed by atoms with E-state index in [2.05, 4.69) is 21.3 Å². The van der Waals surface area contributed by atoms with Crippen molar-refractivity contribution in [3.8, 4) is 17.3 Å². The lowest BCUT2D eigenvalue weighted by molar-refractivity contribution is 0.0618. The van der Waals surface area contributed by atoms with E-state index in [9.17, 15) is 4.79 Å². The van der Waals surface area contributed by atoms with Gasteiger partial charge in [0, 0.05) is 18.3 Å². The Morgan fingerprint density at radius 1 is 1.17 bits per heavy atom. The van der Waals surface area contributed by atoms with Crippen LogP contribution in [0.3, 0.4) is 0 Å². The van der Waals surface area contributed by atoms with Crippen LogP contribution in [0.5, 0.6) is 0 Å². The van der Waals surface area contributed by atoms with Crippen LogP contribution in [0.4, 0.5) is 0 Å². The second-order valence-corrected chi connectivity index (χ2v) is 6.69. The van der Waals surface area contributed by atoms with Crippen LogP contribution in [0.15, 0.2) is 36.4 Å². The van der Waals surface area contributed by atoms with Crippen molar-refractivity contribution in [2.24, 2.45) is 5.92 Å². The Kier molecular flexibility index (Phi) is 3.83. The van der Waals surface area contributed by atoms with Crippen molar-refractivity contribution >= 4 is 5.91 Å². The molecule has 5 heteroatoms. The van der Waals surface area contributed by atoms with Gasteiger partial charge in [-0.25, -0.2) is 0 Å². The summed E-state index contributed by atoms with van der Waals surface area (Å²) in [7, 11) is 0. The molecule has 2 bridgehead atoms. The largest absolute Gasteiger partial charge is 0.351 e. The number of nitrogens with zero attached hydrogens (tertiary/aromatic N) is 2. The van der Waals surface area contributed by atoms with Crippen molar-refractivity contribution in [2.75, 3.05) is 19.6 Å². The number of carbonyl (C=O) groups excluding carboxylic acids is 1. The van der Waals surface area contributed by atoms with Gasteiger partial charge in [0.05, 0.1) is 11.6 Å². The zero-order chi connectivity index (χ0) is 16.5. The third-order valence-corrected chi connectivity index (χ3v) is 5.23. The van der Waals surface area contributed by atoms with Crippen LogP contribution >= 0.6 is 0 Å². The standard InChI is InChI=1S/C19H20N4O/c20-11-13-1-3-14(4-2-13)16-5-6-17(21-16)19(24)22-18-12-23-9-7-15(18)8-10-23/h1-6,15,18,21H,7-10,12H2,(H,22,24)/t18-/m0/s1. The van der Waals surface area contributed by atoms with E-state index >= 15 is 0 Å². The number of benzene rings is 1. The van der Waals surface area contributed by atoms with Crippen LogP contribution in [0.1, 0.15) is 28.9 Å². The average Bonchev–Trinajstić information content (AvgIpc) is 3.13. The number of rotatable bonds is 3. The minimum Gasteiger partial charge on any atom is -0.351 e. The van der Waals surface area contributed by atoms with E-state index in [1.165, 1.54) is 25.9 Å². The molecule has 0 spiro atoms. The quantitative estimate of drug-likeness (QED) is 0.912. The molecule has 3 aliphatic heterocycles. The molecule has 0 aliphatic carbocycles. The van der Waals surface area contributed by atoms with Crippen LogP contribution in [-0.2, 0) is 0 Å². The molecular weight excluding hydrogens is 300 g/mol. The van der Waals surface area contributed by atoms with Gasteiger partial charge in [-0.1, -0.05) is 12.1 Å².